The Bertz CT molecular complexity index is 440. The quantitative estimate of drug-likeness (QED) is 0.886. The van der Waals surface area contributed by atoms with Crippen LogP contribution in [-0.4, -0.2) is 10.1 Å². The summed E-state index contributed by atoms with van der Waals surface area (Å²) < 4.78 is 5.63. The molecule has 0 aliphatic rings. The molecule has 3 nitrogen and oxygen atoms in total. The monoisotopic (exact) mass is 235 g/mol. The Morgan fingerprint density at radius 1 is 1.44 bits per heavy atom. The van der Waals surface area contributed by atoms with Gasteiger partial charge in [-0.15, -0.1) is 11.3 Å². The topological polar surface area (TPSA) is 42.4 Å². The lowest BCUT2D eigenvalue weighted by Crippen LogP contribution is -2.00. The van der Waals surface area contributed by atoms with E-state index in [-0.39, 0.29) is 0 Å². The van der Waals surface area contributed by atoms with E-state index in [0.717, 1.165) is 10.6 Å². The molecule has 4 heteroatoms. The van der Waals surface area contributed by atoms with E-state index in [1.807, 2.05) is 29.6 Å². The van der Waals surface area contributed by atoms with E-state index in [2.05, 4.69) is 4.98 Å². The first kappa shape index (κ1) is 11.1. The van der Waals surface area contributed by atoms with Gasteiger partial charge in [-0.3, -0.25) is 0 Å². The number of aliphatic hydroxyl groups excluding tert-OH is 1. The summed E-state index contributed by atoms with van der Waals surface area (Å²) in [5, 5.41) is 12.4. The van der Waals surface area contributed by atoms with Crippen molar-refractivity contribution in [2.24, 2.45) is 0 Å². The summed E-state index contributed by atoms with van der Waals surface area (Å²) in [7, 11) is 0. The van der Waals surface area contributed by atoms with Crippen LogP contribution >= 0.6 is 11.3 Å². The van der Waals surface area contributed by atoms with Gasteiger partial charge < -0.3 is 9.84 Å². The number of para-hydroxylation sites is 1. The van der Waals surface area contributed by atoms with E-state index in [1.54, 1.807) is 24.5 Å². The van der Waals surface area contributed by atoms with Crippen LogP contribution < -0.4 is 4.74 Å². The van der Waals surface area contributed by atoms with E-state index in [0.29, 0.717) is 12.4 Å². The third kappa shape index (κ3) is 2.59. The lowest BCUT2D eigenvalue weighted by molar-refractivity contribution is 0.190. The molecule has 84 valence electrons. The van der Waals surface area contributed by atoms with Gasteiger partial charge in [0.05, 0.1) is 6.10 Å². The fourth-order valence-electron chi connectivity index (χ4n) is 1.42. The smallest absolute Gasteiger partial charge is 0.140 e. The molecule has 1 aromatic heterocycles. The molecule has 0 radical (unpaired) electrons. The van der Waals surface area contributed by atoms with Crippen molar-refractivity contribution in [3.63, 3.8) is 0 Å². The molecule has 2 rings (SSSR count). The van der Waals surface area contributed by atoms with Crippen LogP contribution in [0.25, 0.3) is 0 Å². The number of thiazole rings is 1. The zero-order chi connectivity index (χ0) is 11.4. The largest absolute Gasteiger partial charge is 0.486 e. The van der Waals surface area contributed by atoms with Crippen molar-refractivity contribution < 1.29 is 9.84 Å². The number of nitrogens with zero attached hydrogens (tertiary/aromatic N) is 1. The Kier molecular flexibility index (Phi) is 3.54. The van der Waals surface area contributed by atoms with Gasteiger partial charge in [0.2, 0.25) is 0 Å². The summed E-state index contributed by atoms with van der Waals surface area (Å²) in [5.74, 6) is 0.715. The number of aliphatic hydroxyl groups is 1. The van der Waals surface area contributed by atoms with Gasteiger partial charge in [0.1, 0.15) is 17.4 Å². The molecule has 0 spiro atoms. The molecule has 1 N–H and O–H groups in total. The van der Waals surface area contributed by atoms with Crippen LogP contribution in [0.4, 0.5) is 0 Å². The Balaban J connectivity index is 2.09. The molecular formula is C12H13NO2S. The minimum absolute atomic E-state index is 0.446. The van der Waals surface area contributed by atoms with Crippen LogP contribution in [0.5, 0.6) is 5.75 Å². The zero-order valence-corrected chi connectivity index (χ0v) is 9.78. The average molecular weight is 235 g/mol. The highest BCUT2D eigenvalue weighted by molar-refractivity contribution is 7.09. The summed E-state index contributed by atoms with van der Waals surface area (Å²) in [6, 6.07) is 7.50. The molecule has 1 aromatic carbocycles. The number of aromatic nitrogens is 1. The minimum Gasteiger partial charge on any atom is -0.486 e. The molecule has 0 bridgehead atoms. The van der Waals surface area contributed by atoms with Gasteiger partial charge in [-0.25, -0.2) is 4.98 Å². The van der Waals surface area contributed by atoms with Crippen LogP contribution in [-0.2, 0) is 6.61 Å². The fraction of sp³-hybridized carbons (Fsp3) is 0.250. The molecule has 0 amide bonds. The molecule has 1 atom stereocenters. The second kappa shape index (κ2) is 5.09. The Labute approximate surface area is 98.4 Å². The van der Waals surface area contributed by atoms with Crippen LogP contribution in [0.3, 0.4) is 0 Å². The maximum Gasteiger partial charge on any atom is 0.140 e. The van der Waals surface area contributed by atoms with Crippen molar-refractivity contribution in [1.82, 2.24) is 4.98 Å². The Morgan fingerprint density at radius 2 is 2.25 bits per heavy atom. The van der Waals surface area contributed by atoms with Gasteiger partial charge in [0.25, 0.3) is 0 Å². The van der Waals surface area contributed by atoms with Crippen molar-refractivity contribution in [2.75, 3.05) is 0 Å². The summed E-state index contributed by atoms with van der Waals surface area (Å²) in [4.78, 5) is 4.14. The molecule has 0 aliphatic carbocycles. The van der Waals surface area contributed by atoms with E-state index < -0.39 is 6.10 Å². The normalized spacial score (nSPS) is 12.4. The molecule has 0 aliphatic heterocycles. The number of ether oxygens (including phenoxy) is 1. The molecule has 1 heterocycles. The lowest BCUT2D eigenvalue weighted by Gasteiger charge is -2.12. The Morgan fingerprint density at radius 3 is 2.94 bits per heavy atom. The first-order chi connectivity index (χ1) is 7.77. The van der Waals surface area contributed by atoms with E-state index in [1.165, 1.54) is 0 Å². The summed E-state index contributed by atoms with van der Waals surface area (Å²) in [6.45, 7) is 2.17. The van der Waals surface area contributed by atoms with Gasteiger partial charge in [-0.05, 0) is 13.0 Å². The minimum atomic E-state index is -0.521. The Hall–Kier alpha value is -1.39. The highest BCUT2D eigenvalue weighted by Crippen LogP contribution is 2.25. The number of rotatable bonds is 4. The molecule has 16 heavy (non-hydrogen) atoms. The third-order valence-corrected chi connectivity index (χ3v) is 2.96. The molecule has 1 unspecified atom stereocenters. The average Bonchev–Trinajstić information content (AvgIpc) is 2.79. The van der Waals surface area contributed by atoms with Gasteiger partial charge >= 0.3 is 0 Å². The SMILES string of the molecule is CC(O)c1ccccc1OCc1nccs1. The predicted molar refractivity (Wildman–Crippen MR) is 63.5 cm³/mol. The van der Waals surface area contributed by atoms with Crippen molar-refractivity contribution in [3.8, 4) is 5.75 Å². The van der Waals surface area contributed by atoms with Gasteiger partial charge in [0.15, 0.2) is 0 Å². The number of hydrogen-bond donors (Lipinski definition) is 1. The highest BCUT2D eigenvalue weighted by atomic mass is 32.1. The maximum absolute atomic E-state index is 9.57. The second-order valence-corrected chi connectivity index (χ2v) is 4.41. The molecule has 2 aromatic rings. The summed E-state index contributed by atoms with van der Waals surface area (Å²) >= 11 is 1.56. The first-order valence-corrected chi connectivity index (χ1v) is 5.93. The van der Waals surface area contributed by atoms with Crippen LogP contribution in [0.2, 0.25) is 0 Å². The maximum atomic E-state index is 9.57. The van der Waals surface area contributed by atoms with Crippen molar-refractivity contribution >= 4 is 11.3 Å². The standard InChI is InChI=1S/C12H13NO2S/c1-9(14)10-4-2-3-5-11(10)15-8-12-13-6-7-16-12/h2-7,9,14H,8H2,1H3. The summed E-state index contributed by atoms with van der Waals surface area (Å²) in [5.41, 5.74) is 0.805. The van der Waals surface area contributed by atoms with Gasteiger partial charge in [-0.2, -0.15) is 0 Å². The second-order valence-electron chi connectivity index (χ2n) is 3.43. The van der Waals surface area contributed by atoms with E-state index in [9.17, 15) is 5.11 Å². The number of hydrogen-bond acceptors (Lipinski definition) is 4. The molecule has 0 saturated carbocycles. The van der Waals surface area contributed by atoms with Crippen LogP contribution in [0, 0.1) is 0 Å². The van der Waals surface area contributed by atoms with Crippen LogP contribution in [0.15, 0.2) is 35.8 Å². The van der Waals surface area contributed by atoms with E-state index >= 15 is 0 Å². The fourth-order valence-corrected chi connectivity index (χ4v) is 1.95. The zero-order valence-electron chi connectivity index (χ0n) is 8.96. The van der Waals surface area contributed by atoms with Crippen molar-refractivity contribution in [1.29, 1.82) is 0 Å². The molecule has 0 fully saturated rings. The van der Waals surface area contributed by atoms with Crippen LogP contribution in [0.1, 0.15) is 23.6 Å². The highest BCUT2D eigenvalue weighted by Gasteiger charge is 2.08. The lowest BCUT2D eigenvalue weighted by atomic mass is 10.1. The van der Waals surface area contributed by atoms with Gasteiger partial charge in [0, 0.05) is 17.1 Å². The number of benzene rings is 1. The van der Waals surface area contributed by atoms with Crippen molar-refractivity contribution in [2.45, 2.75) is 19.6 Å². The molecular weight excluding hydrogens is 222 g/mol. The molecule has 0 saturated heterocycles. The van der Waals surface area contributed by atoms with Crippen molar-refractivity contribution in [3.05, 3.63) is 46.4 Å². The van der Waals surface area contributed by atoms with Gasteiger partial charge in [-0.1, -0.05) is 18.2 Å². The third-order valence-electron chi connectivity index (χ3n) is 2.20. The van der Waals surface area contributed by atoms with E-state index in [4.69, 9.17) is 4.74 Å². The summed E-state index contributed by atoms with van der Waals surface area (Å²) in [6.07, 6.45) is 1.23. The predicted octanol–water partition coefficient (Wildman–Crippen LogP) is 2.78. The first-order valence-electron chi connectivity index (χ1n) is 5.05.